The first-order valence-electron chi connectivity index (χ1n) is 13.7. The lowest BCUT2D eigenvalue weighted by atomic mass is 10.1. The van der Waals surface area contributed by atoms with Gasteiger partial charge in [-0.15, -0.1) is 0 Å². The van der Waals surface area contributed by atoms with Gasteiger partial charge >= 0.3 is 0 Å². The van der Waals surface area contributed by atoms with Crippen molar-refractivity contribution in [2.45, 2.75) is 50.8 Å². The second-order valence-corrected chi connectivity index (χ2v) is 13.3. The Morgan fingerprint density at radius 2 is 1.88 bits per heavy atom. The van der Waals surface area contributed by atoms with Crippen LogP contribution in [-0.2, 0) is 28.0 Å². The third-order valence-electron chi connectivity index (χ3n) is 7.61. The van der Waals surface area contributed by atoms with Gasteiger partial charge in [0.2, 0.25) is 15.9 Å². The number of halogens is 2. The number of amides is 1. The summed E-state index contributed by atoms with van der Waals surface area (Å²) in [7, 11) is -2.52. The van der Waals surface area contributed by atoms with Crippen LogP contribution in [0.15, 0.2) is 65.6 Å². The van der Waals surface area contributed by atoms with Crippen molar-refractivity contribution in [2.24, 2.45) is 0 Å². The Bertz CT molecular complexity index is 1860. The summed E-state index contributed by atoms with van der Waals surface area (Å²) in [6.45, 7) is 4.30. The average Bonchev–Trinajstić information content (AvgIpc) is 3.48. The number of benzene rings is 3. The molecule has 5 rings (SSSR count). The summed E-state index contributed by atoms with van der Waals surface area (Å²) < 4.78 is 35.3. The normalized spacial score (nSPS) is 15.4. The summed E-state index contributed by atoms with van der Waals surface area (Å²) >= 11 is 13.2. The van der Waals surface area contributed by atoms with Gasteiger partial charge in [-0.2, -0.15) is 9.57 Å². The van der Waals surface area contributed by atoms with Crippen LogP contribution in [0.1, 0.15) is 40.8 Å². The van der Waals surface area contributed by atoms with Crippen LogP contribution in [0.5, 0.6) is 5.75 Å². The number of hydrogen-bond acceptors (Lipinski definition) is 6. The highest BCUT2D eigenvalue weighted by molar-refractivity contribution is 7.89. The topological polar surface area (TPSA) is 104 Å². The molecule has 222 valence electrons. The Labute approximate surface area is 261 Å². The quantitative estimate of drug-likeness (QED) is 0.221. The number of sulfonamides is 1. The molecule has 1 saturated heterocycles. The monoisotopic (exact) mass is 636 g/mol. The number of nitrogens with zero attached hydrogens (tertiary/aromatic N) is 4. The number of aromatic nitrogens is 1. The maximum absolute atomic E-state index is 14.0. The van der Waals surface area contributed by atoms with Crippen molar-refractivity contribution in [1.29, 1.82) is 5.26 Å². The number of carbonyl (C=O) groups is 1. The fourth-order valence-corrected chi connectivity index (χ4v) is 7.94. The molecule has 0 bridgehead atoms. The second kappa shape index (κ2) is 12.5. The van der Waals surface area contributed by atoms with E-state index in [9.17, 15) is 13.2 Å². The van der Waals surface area contributed by atoms with Gasteiger partial charge in [-0.3, -0.25) is 4.79 Å². The number of nitriles is 1. The molecule has 3 aromatic carbocycles. The molecule has 1 amide bonds. The number of likely N-dealkylation sites (N-methyl/N-ethyl adjacent to an activating group) is 1. The van der Waals surface area contributed by atoms with Crippen molar-refractivity contribution in [3.8, 4) is 11.8 Å². The molecule has 43 heavy (non-hydrogen) atoms. The lowest BCUT2D eigenvalue weighted by Gasteiger charge is -2.28. The zero-order valence-corrected chi connectivity index (χ0v) is 26.3. The summed E-state index contributed by atoms with van der Waals surface area (Å²) in [4.78, 5) is 19.5. The smallest absolute Gasteiger partial charge is 0.245 e. The van der Waals surface area contributed by atoms with Gasteiger partial charge in [0.25, 0.3) is 0 Å². The minimum atomic E-state index is -4.16. The zero-order chi connectivity index (χ0) is 30.9. The molecule has 0 saturated carbocycles. The lowest BCUT2D eigenvalue weighted by Crippen LogP contribution is -2.46. The van der Waals surface area contributed by atoms with E-state index >= 15 is 0 Å². The SMILES string of the molecule is Cc1cc(C)c2cccc(OCc3c(Cl)ccc(S(=O)(=O)N4CCC[C@H]4C(=O)N(C)Cc4ccc(C#N)cc4)c3Cl)c2n1. The first kappa shape index (κ1) is 30.8. The number of rotatable bonds is 8. The molecular weight excluding hydrogens is 607 g/mol. The fourth-order valence-electron chi connectivity index (χ4n) is 5.42. The van der Waals surface area contributed by atoms with Gasteiger partial charge in [-0.05, 0) is 74.2 Å². The minimum absolute atomic E-state index is 0.0444. The minimum Gasteiger partial charge on any atom is -0.487 e. The molecule has 1 aliphatic rings. The van der Waals surface area contributed by atoms with Gasteiger partial charge in [-0.1, -0.05) is 47.5 Å². The molecule has 4 aromatic rings. The summed E-state index contributed by atoms with van der Waals surface area (Å²) in [5.41, 5.74) is 4.29. The van der Waals surface area contributed by atoms with E-state index in [1.165, 1.54) is 21.3 Å². The Morgan fingerprint density at radius 1 is 1.14 bits per heavy atom. The van der Waals surface area contributed by atoms with Gasteiger partial charge in [0.05, 0.1) is 16.7 Å². The Balaban J connectivity index is 1.38. The summed E-state index contributed by atoms with van der Waals surface area (Å²) in [5, 5.41) is 10.2. The fraction of sp³-hybridized carbons (Fsp3) is 0.281. The number of aryl methyl sites for hydroxylation is 2. The van der Waals surface area contributed by atoms with Gasteiger partial charge in [-0.25, -0.2) is 13.4 Å². The molecule has 2 heterocycles. The highest BCUT2D eigenvalue weighted by Gasteiger charge is 2.41. The van der Waals surface area contributed by atoms with Gasteiger partial charge in [0.15, 0.2) is 0 Å². The highest BCUT2D eigenvalue weighted by Crippen LogP contribution is 2.37. The van der Waals surface area contributed by atoms with Crippen molar-refractivity contribution in [1.82, 2.24) is 14.2 Å². The molecule has 0 unspecified atom stereocenters. The maximum atomic E-state index is 14.0. The van der Waals surface area contributed by atoms with Crippen molar-refractivity contribution in [2.75, 3.05) is 13.6 Å². The van der Waals surface area contributed by atoms with E-state index in [1.54, 1.807) is 37.4 Å². The second-order valence-electron chi connectivity index (χ2n) is 10.6. The molecule has 0 spiro atoms. The molecule has 0 aliphatic carbocycles. The van der Waals surface area contributed by atoms with Gasteiger partial charge in [0, 0.05) is 41.8 Å². The van der Waals surface area contributed by atoms with E-state index in [2.05, 4.69) is 11.1 Å². The molecular formula is C32H30Cl2N4O4S. The van der Waals surface area contributed by atoms with Crippen LogP contribution in [0.2, 0.25) is 10.0 Å². The zero-order valence-electron chi connectivity index (χ0n) is 24.0. The highest BCUT2D eigenvalue weighted by atomic mass is 35.5. The first-order chi connectivity index (χ1) is 20.5. The van der Waals surface area contributed by atoms with Crippen LogP contribution < -0.4 is 4.74 Å². The van der Waals surface area contributed by atoms with Crippen LogP contribution in [0.4, 0.5) is 0 Å². The number of para-hydroxylation sites is 1. The lowest BCUT2D eigenvalue weighted by molar-refractivity contribution is -0.133. The molecule has 1 aliphatic heterocycles. The molecule has 1 aromatic heterocycles. The standard InChI is InChI=1S/C32H30Cl2N4O4S/c1-20-16-21(2)36-31-24(20)6-4-8-28(31)42-19-25-26(33)13-14-29(30(25)34)43(40,41)38-15-5-7-27(38)32(39)37(3)18-23-11-9-22(17-35)10-12-23/h4,6,8-14,16,27H,5,7,15,18-19H2,1-3H3/t27-/m0/s1. The number of pyridine rings is 1. The van der Waals surface area contributed by atoms with Gasteiger partial charge < -0.3 is 9.64 Å². The van der Waals surface area contributed by atoms with Crippen molar-refractivity contribution >= 4 is 50.0 Å². The molecule has 11 heteroatoms. The first-order valence-corrected chi connectivity index (χ1v) is 15.9. The van der Waals surface area contributed by atoms with E-state index in [0.717, 1.165) is 22.2 Å². The molecule has 8 nitrogen and oxygen atoms in total. The molecule has 0 radical (unpaired) electrons. The molecule has 1 atom stereocenters. The average molecular weight is 638 g/mol. The van der Waals surface area contributed by atoms with Crippen LogP contribution >= 0.6 is 23.2 Å². The van der Waals surface area contributed by atoms with Crippen LogP contribution in [0.25, 0.3) is 10.9 Å². The van der Waals surface area contributed by atoms with Crippen molar-refractivity contribution in [3.05, 3.63) is 98.7 Å². The predicted molar refractivity (Wildman–Crippen MR) is 167 cm³/mol. The third-order valence-corrected chi connectivity index (χ3v) is 10.5. The van der Waals surface area contributed by atoms with E-state index in [-0.39, 0.29) is 40.5 Å². The largest absolute Gasteiger partial charge is 0.487 e. The number of hydrogen-bond donors (Lipinski definition) is 0. The van der Waals surface area contributed by atoms with E-state index in [1.807, 2.05) is 32.0 Å². The summed E-state index contributed by atoms with van der Waals surface area (Å²) in [5.74, 6) is 0.216. The van der Waals surface area contributed by atoms with Crippen LogP contribution in [0, 0.1) is 25.2 Å². The van der Waals surface area contributed by atoms with Crippen LogP contribution in [-0.4, -0.2) is 48.1 Å². The van der Waals surface area contributed by atoms with E-state index in [0.29, 0.717) is 35.2 Å². The maximum Gasteiger partial charge on any atom is 0.245 e. The Kier molecular flexibility index (Phi) is 8.95. The van der Waals surface area contributed by atoms with E-state index < -0.39 is 16.1 Å². The van der Waals surface area contributed by atoms with E-state index in [4.69, 9.17) is 33.2 Å². The van der Waals surface area contributed by atoms with Crippen molar-refractivity contribution in [3.63, 3.8) is 0 Å². The third kappa shape index (κ3) is 6.20. The molecule has 1 fully saturated rings. The van der Waals surface area contributed by atoms with Gasteiger partial charge in [0.1, 0.15) is 28.8 Å². The van der Waals surface area contributed by atoms with Crippen LogP contribution in [0.3, 0.4) is 0 Å². The summed E-state index contributed by atoms with van der Waals surface area (Å²) in [6.07, 6.45) is 0.929. The molecule has 0 N–H and O–H groups in total. The van der Waals surface area contributed by atoms with Crippen molar-refractivity contribution < 1.29 is 17.9 Å². The Morgan fingerprint density at radius 3 is 2.60 bits per heavy atom. The summed E-state index contributed by atoms with van der Waals surface area (Å²) in [6, 6.07) is 18.6. The predicted octanol–water partition coefficient (Wildman–Crippen LogP) is 6.42. The number of carbonyl (C=O) groups excluding carboxylic acids is 1. The number of ether oxygens (including phenoxy) is 1. The number of fused-ring (bicyclic) bond motifs is 1. The Hall–Kier alpha value is -3.68.